The number of carbonyl (C=O) groups excluding carboxylic acids is 2. The molecule has 232 valence electrons. The third-order valence-corrected chi connectivity index (χ3v) is 8.01. The molecule has 1 aromatic heterocycles. The Morgan fingerprint density at radius 2 is 1.67 bits per heavy atom. The smallest absolute Gasteiger partial charge is 0.344 e. The van der Waals surface area contributed by atoms with E-state index >= 15 is 0 Å². The van der Waals surface area contributed by atoms with Gasteiger partial charge >= 0.3 is 11.9 Å². The van der Waals surface area contributed by atoms with E-state index in [1.165, 1.54) is 15.9 Å². The fraction of sp³-hybridized carbons (Fsp3) is 0.235. The molecule has 0 saturated carbocycles. The maximum Gasteiger partial charge on any atom is 0.344 e. The molecule has 0 saturated heterocycles. The maximum absolute atomic E-state index is 14.2. The fourth-order valence-corrected chi connectivity index (χ4v) is 6.09. The van der Waals surface area contributed by atoms with E-state index in [-0.39, 0.29) is 31.0 Å². The summed E-state index contributed by atoms with van der Waals surface area (Å²) < 4.78 is 23.7. The van der Waals surface area contributed by atoms with Crippen LogP contribution in [0.1, 0.15) is 43.5 Å². The van der Waals surface area contributed by atoms with E-state index in [0.29, 0.717) is 54.8 Å². The van der Waals surface area contributed by atoms with Gasteiger partial charge in [0.2, 0.25) is 0 Å². The van der Waals surface area contributed by atoms with Gasteiger partial charge in [0.1, 0.15) is 11.5 Å². The van der Waals surface area contributed by atoms with Crippen LogP contribution in [0.15, 0.2) is 88.2 Å². The second-order valence-electron chi connectivity index (χ2n) is 9.71. The fourth-order valence-electron chi connectivity index (χ4n) is 4.91. The Hall–Kier alpha value is -4.67. The molecule has 11 heteroatoms. The number of aromatic nitrogens is 1. The predicted molar refractivity (Wildman–Crippen MR) is 172 cm³/mol. The average Bonchev–Trinajstić information content (AvgIpc) is 3.35. The van der Waals surface area contributed by atoms with Crippen molar-refractivity contribution >= 4 is 46.6 Å². The van der Waals surface area contributed by atoms with Gasteiger partial charge in [0.05, 0.1) is 41.7 Å². The zero-order valence-electron chi connectivity index (χ0n) is 24.9. The van der Waals surface area contributed by atoms with E-state index in [0.717, 1.165) is 0 Å². The number of hydrogen-bond acceptors (Lipinski definition) is 9. The Bertz CT molecular complexity index is 1910. The molecule has 0 unspecified atom stereocenters. The molecule has 0 radical (unpaired) electrons. The first-order valence-corrected chi connectivity index (χ1v) is 15.6. The molecule has 0 aliphatic carbocycles. The molecule has 0 bridgehead atoms. The Morgan fingerprint density at radius 1 is 0.933 bits per heavy atom. The molecule has 5 rings (SSSR count). The van der Waals surface area contributed by atoms with E-state index in [1.54, 1.807) is 50.3 Å². The quantitative estimate of drug-likeness (QED) is 0.213. The minimum Gasteiger partial charge on any atom is -0.494 e. The Kier molecular flexibility index (Phi) is 10.2. The van der Waals surface area contributed by atoms with E-state index in [2.05, 4.69) is 0 Å². The normalized spacial score (nSPS) is 14.4. The van der Waals surface area contributed by atoms with Gasteiger partial charge in [-0.25, -0.2) is 14.6 Å². The van der Waals surface area contributed by atoms with Gasteiger partial charge in [0.25, 0.3) is 5.56 Å². The molecular formula is C34H31ClN2O7S. The third-order valence-electron chi connectivity index (χ3n) is 6.79. The van der Waals surface area contributed by atoms with Crippen LogP contribution in [0.2, 0.25) is 5.02 Å². The zero-order chi connectivity index (χ0) is 31.9. The number of carbonyl (C=O) groups is 2. The number of esters is 2. The van der Waals surface area contributed by atoms with Crippen LogP contribution in [0.5, 0.6) is 11.5 Å². The minimum absolute atomic E-state index is 0.147. The second kappa shape index (κ2) is 14.4. The van der Waals surface area contributed by atoms with Crippen LogP contribution in [0.3, 0.4) is 0 Å². The molecule has 2 heterocycles. The highest BCUT2D eigenvalue weighted by molar-refractivity contribution is 7.07. The van der Waals surface area contributed by atoms with Crippen LogP contribution in [0.25, 0.3) is 11.8 Å². The molecule has 9 nitrogen and oxygen atoms in total. The van der Waals surface area contributed by atoms with Gasteiger partial charge in [-0.15, -0.1) is 0 Å². The summed E-state index contributed by atoms with van der Waals surface area (Å²) >= 11 is 7.48. The van der Waals surface area contributed by atoms with Gasteiger partial charge in [-0.2, -0.15) is 0 Å². The molecule has 1 atom stereocenters. The highest BCUT2D eigenvalue weighted by Crippen LogP contribution is 2.35. The van der Waals surface area contributed by atoms with Crippen molar-refractivity contribution in [2.75, 3.05) is 26.4 Å². The van der Waals surface area contributed by atoms with Crippen LogP contribution in [0.4, 0.5) is 0 Å². The molecular weight excluding hydrogens is 616 g/mol. The number of thiazole rings is 1. The summed E-state index contributed by atoms with van der Waals surface area (Å²) in [6.45, 7) is 5.90. The van der Waals surface area contributed by atoms with E-state index in [9.17, 15) is 14.4 Å². The first-order chi connectivity index (χ1) is 21.8. The van der Waals surface area contributed by atoms with Gasteiger partial charge in [-0.3, -0.25) is 9.36 Å². The summed E-state index contributed by atoms with van der Waals surface area (Å²) in [6, 6.07) is 20.6. The maximum atomic E-state index is 14.2. The van der Waals surface area contributed by atoms with Crippen molar-refractivity contribution in [3.63, 3.8) is 0 Å². The van der Waals surface area contributed by atoms with Gasteiger partial charge in [0.15, 0.2) is 11.4 Å². The Morgan fingerprint density at radius 3 is 2.36 bits per heavy atom. The number of nitrogens with zero attached hydrogens (tertiary/aromatic N) is 2. The second-order valence-corrected chi connectivity index (χ2v) is 11.2. The molecule has 3 aromatic carbocycles. The molecule has 0 fully saturated rings. The van der Waals surface area contributed by atoms with Crippen LogP contribution < -0.4 is 24.4 Å². The lowest BCUT2D eigenvalue weighted by atomic mass is 9.93. The lowest BCUT2D eigenvalue weighted by Crippen LogP contribution is -2.40. The number of ether oxygens (including phenoxy) is 4. The van der Waals surface area contributed by atoms with Gasteiger partial charge in [-0.1, -0.05) is 65.4 Å². The van der Waals surface area contributed by atoms with Crippen LogP contribution in [0, 0.1) is 0 Å². The Balaban J connectivity index is 1.73. The van der Waals surface area contributed by atoms with Crippen molar-refractivity contribution in [2.45, 2.75) is 26.8 Å². The zero-order valence-corrected chi connectivity index (χ0v) is 26.5. The molecule has 0 spiro atoms. The standard InChI is InChI=1S/C34H31ClN2O7S/c1-4-41-25-15-12-22(13-16-25)31-29(33(40)43-6-3)30(21-10-8-7-9-11-21)36-34-37(31)32(39)27(45-34)19-23-18-24(35)14-17-26(23)44-20-28(38)42-5-2/h7-19,31H,4-6,20H2,1-3H3/b27-19-/t31-/m0/s1. The number of hydrogen-bond donors (Lipinski definition) is 0. The molecule has 45 heavy (non-hydrogen) atoms. The summed E-state index contributed by atoms with van der Waals surface area (Å²) in [4.78, 5) is 45.1. The number of fused-ring (bicyclic) bond motifs is 1. The van der Waals surface area contributed by atoms with Gasteiger partial charge in [0, 0.05) is 16.1 Å². The van der Waals surface area contributed by atoms with Crippen LogP contribution >= 0.6 is 22.9 Å². The molecule has 4 aromatic rings. The molecule has 1 aliphatic heterocycles. The van der Waals surface area contributed by atoms with Gasteiger partial charge in [-0.05, 0) is 62.7 Å². The number of benzene rings is 3. The van der Waals surface area contributed by atoms with Gasteiger partial charge < -0.3 is 18.9 Å². The SMILES string of the molecule is CCOC(=O)COc1ccc(Cl)cc1/C=c1\sc2n(c1=O)[C@@H](c1ccc(OCC)cc1)C(C(=O)OCC)=C(c1ccccc1)N=2. The predicted octanol–water partition coefficient (Wildman–Crippen LogP) is 4.93. The summed E-state index contributed by atoms with van der Waals surface area (Å²) in [5.74, 6) is -0.0840. The first kappa shape index (κ1) is 31.7. The van der Waals surface area contributed by atoms with Crippen molar-refractivity contribution in [2.24, 2.45) is 4.99 Å². The van der Waals surface area contributed by atoms with Crippen molar-refractivity contribution < 1.29 is 28.5 Å². The largest absolute Gasteiger partial charge is 0.494 e. The molecule has 0 amide bonds. The number of rotatable bonds is 11. The average molecular weight is 647 g/mol. The molecule has 1 aliphatic rings. The third kappa shape index (κ3) is 7.02. The summed E-state index contributed by atoms with van der Waals surface area (Å²) in [5.41, 5.74) is 2.16. The molecule has 0 N–H and O–H groups in total. The topological polar surface area (TPSA) is 105 Å². The summed E-state index contributed by atoms with van der Waals surface area (Å²) in [6.07, 6.45) is 1.64. The van der Waals surface area contributed by atoms with E-state index in [4.69, 9.17) is 35.5 Å². The lowest BCUT2D eigenvalue weighted by molar-refractivity contribution is -0.145. The minimum atomic E-state index is -0.841. The number of halogens is 1. The van der Waals surface area contributed by atoms with Crippen molar-refractivity contribution in [1.29, 1.82) is 0 Å². The van der Waals surface area contributed by atoms with Crippen LogP contribution in [-0.2, 0) is 19.1 Å². The monoisotopic (exact) mass is 646 g/mol. The first-order valence-electron chi connectivity index (χ1n) is 14.4. The van der Waals surface area contributed by atoms with E-state index < -0.39 is 18.0 Å². The Labute approximate surface area is 268 Å². The summed E-state index contributed by atoms with van der Waals surface area (Å²) in [5, 5.41) is 0.417. The van der Waals surface area contributed by atoms with Crippen molar-refractivity contribution in [3.05, 3.63) is 120 Å². The van der Waals surface area contributed by atoms with E-state index in [1.807, 2.05) is 49.4 Å². The van der Waals surface area contributed by atoms with Crippen LogP contribution in [-0.4, -0.2) is 42.9 Å². The van der Waals surface area contributed by atoms with Crippen molar-refractivity contribution in [3.8, 4) is 11.5 Å². The summed E-state index contributed by atoms with van der Waals surface area (Å²) in [7, 11) is 0. The highest BCUT2D eigenvalue weighted by atomic mass is 35.5. The van der Waals surface area contributed by atoms with Crippen molar-refractivity contribution in [1.82, 2.24) is 4.57 Å². The highest BCUT2D eigenvalue weighted by Gasteiger charge is 2.35. The lowest BCUT2D eigenvalue weighted by Gasteiger charge is -2.26.